The van der Waals surface area contributed by atoms with Crippen LogP contribution in [0.25, 0.3) is 11.8 Å². The molecule has 0 N–H and O–H groups in total. The van der Waals surface area contributed by atoms with Crippen molar-refractivity contribution in [2.75, 3.05) is 42.9 Å². The number of para-hydroxylation sites is 1. The fraction of sp³-hybridized carbons (Fsp3) is 0.188. The van der Waals surface area contributed by atoms with Gasteiger partial charge in [-0.2, -0.15) is 5.10 Å². The third-order valence-electron chi connectivity index (χ3n) is 7.02. The number of nitrogens with zero attached hydrogens (tertiary/aromatic N) is 7. The van der Waals surface area contributed by atoms with Gasteiger partial charge in [-0.3, -0.25) is 14.3 Å². The van der Waals surface area contributed by atoms with E-state index in [4.69, 9.17) is 0 Å². The lowest BCUT2D eigenvalue weighted by atomic mass is 10.2. The first kappa shape index (κ1) is 28.7. The van der Waals surface area contributed by atoms with E-state index in [1.54, 1.807) is 22.6 Å². The van der Waals surface area contributed by atoms with Gasteiger partial charge in [0.05, 0.1) is 22.5 Å². The Kier molecular flexibility index (Phi) is 8.17. The highest BCUT2D eigenvalue weighted by atomic mass is 32.2. The van der Waals surface area contributed by atoms with Gasteiger partial charge in [0.1, 0.15) is 5.69 Å². The lowest BCUT2D eigenvalue weighted by molar-refractivity contribution is -0.113. The number of carbonyl (C=O) groups excluding carboxylic acids is 1. The first-order chi connectivity index (χ1) is 20.2. The molecule has 4 aromatic rings. The second kappa shape index (κ2) is 12.0. The average Bonchev–Trinajstić information content (AvgIpc) is 3.39. The Labute approximate surface area is 249 Å². The van der Waals surface area contributed by atoms with Crippen molar-refractivity contribution in [2.45, 2.75) is 6.92 Å². The van der Waals surface area contributed by atoms with Gasteiger partial charge >= 0.3 is 0 Å². The normalized spacial score (nSPS) is 15.4. The van der Waals surface area contributed by atoms with Crippen LogP contribution in [0.15, 0.2) is 98.8 Å². The molecule has 5 rings (SSSR count). The summed E-state index contributed by atoms with van der Waals surface area (Å²) in [6.45, 7) is 1.82. The van der Waals surface area contributed by atoms with Crippen LogP contribution in [-0.4, -0.2) is 54.8 Å². The van der Waals surface area contributed by atoms with E-state index in [0.29, 0.717) is 21.5 Å². The standard InChI is InChI=1S/C32H33N7O2S/c1-22-29(31(41)39(37(22)6)27-10-8-7-9-11-27)38-30(40)28(20-23-12-16-25(17-13-23)35(2)3)42-32(38)34-33-21-24-14-18-26(19-15-24)36(4)5/h7-21H,1-6H3/b28-20-,33-21+,34-32-. The molecule has 1 amide bonds. The highest BCUT2D eigenvalue weighted by Gasteiger charge is 2.39. The van der Waals surface area contributed by atoms with Crippen molar-refractivity contribution >= 4 is 52.2 Å². The Balaban J connectivity index is 1.57. The van der Waals surface area contributed by atoms with Crippen LogP contribution >= 0.6 is 11.8 Å². The van der Waals surface area contributed by atoms with Gasteiger partial charge in [-0.15, -0.1) is 5.10 Å². The van der Waals surface area contributed by atoms with E-state index in [0.717, 1.165) is 22.5 Å². The molecule has 0 saturated carbocycles. The summed E-state index contributed by atoms with van der Waals surface area (Å²) in [5.41, 5.74) is 5.12. The van der Waals surface area contributed by atoms with Crippen LogP contribution < -0.4 is 20.3 Å². The van der Waals surface area contributed by atoms with Crippen LogP contribution in [0.5, 0.6) is 0 Å². The van der Waals surface area contributed by atoms with Crippen molar-refractivity contribution in [3.63, 3.8) is 0 Å². The van der Waals surface area contributed by atoms with E-state index in [2.05, 4.69) is 10.2 Å². The second-order valence-corrected chi connectivity index (χ2v) is 11.3. The summed E-state index contributed by atoms with van der Waals surface area (Å²) in [5.74, 6) is -0.327. The van der Waals surface area contributed by atoms with Gasteiger partial charge in [0.15, 0.2) is 0 Å². The number of thioether (sulfide) groups is 1. The fourth-order valence-electron chi connectivity index (χ4n) is 4.57. The van der Waals surface area contributed by atoms with Crippen LogP contribution in [0.1, 0.15) is 16.8 Å². The largest absolute Gasteiger partial charge is 0.378 e. The lowest BCUT2D eigenvalue weighted by Crippen LogP contribution is -2.33. The molecular formula is C32H33N7O2S. The van der Waals surface area contributed by atoms with Gasteiger partial charge in [0.2, 0.25) is 5.17 Å². The van der Waals surface area contributed by atoms with E-state index in [1.807, 2.05) is 130 Å². The Hall–Kier alpha value is -4.83. The molecule has 1 aliphatic rings. The molecule has 2 heterocycles. The minimum Gasteiger partial charge on any atom is -0.378 e. The minimum atomic E-state index is -0.327. The molecule has 0 radical (unpaired) electrons. The van der Waals surface area contributed by atoms with Crippen molar-refractivity contribution in [1.29, 1.82) is 0 Å². The zero-order chi connectivity index (χ0) is 30.0. The maximum Gasteiger partial charge on any atom is 0.296 e. The van der Waals surface area contributed by atoms with E-state index in [1.165, 1.54) is 16.7 Å². The molecule has 0 aliphatic carbocycles. The van der Waals surface area contributed by atoms with Gasteiger partial charge in [-0.05, 0) is 72.3 Å². The molecule has 214 valence electrons. The average molecular weight is 580 g/mol. The molecular weight excluding hydrogens is 546 g/mol. The molecule has 0 spiro atoms. The molecule has 0 bridgehead atoms. The molecule has 1 saturated heterocycles. The SMILES string of the molecule is Cc1c(N2C(=O)/C(=C/c3ccc(N(C)C)cc3)S/C2=N\N=C\c2ccc(N(C)C)cc2)c(=O)n(-c2ccccc2)n1C. The Morgan fingerprint density at radius 1 is 0.786 bits per heavy atom. The number of rotatable bonds is 7. The van der Waals surface area contributed by atoms with Crippen LogP contribution in [-0.2, 0) is 11.8 Å². The summed E-state index contributed by atoms with van der Waals surface area (Å²) < 4.78 is 3.30. The molecule has 9 nitrogen and oxygen atoms in total. The third-order valence-corrected chi connectivity index (χ3v) is 7.98. The second-order valence-electron chi connectivity index (χ2n) is 10.3. The van der Waals surface area contributed by atoms with Gasteiger partial charge in [-0.1, -0.05) is 42.5 Å². The summed E-state index contributed by atoms with van der Waals surface area (Å²) >= 11 is 1.20. The number of hydrogen-bond donors (Lipinski definition) is 0. The van der Waals surface area contributed by atoms with Crippen LogP contribution in [0.4, 0.5) is 17.1 Å². The Morgan fingerprint density at radius 3 is 1.93 bits per heavy atom. The number of carbonyl (C=O) groups is 1. The first-order valence-electron chi connectivity index (χ1n) is 13.4. The number of hydrogen-bond acceptors (Lipinski definition) is 7. The predicted molar refractivity (Wildman–Crippen MR) is 175 cm³/mol. The number of anilines is 3. The molecule has 42 heavy (non-hydrogen) atoms. The zero-order valence-corrected chi connectivity index (χ0v) is 25.3. The highest BCUT2D eigenvalue weighted by Crippen LogP contribution is 2.36. The van der Waals surface area contributed by atoms with E-state index >= 15 is 0 Å². The number of benzene rings is 3. The lowest BCUT2D eigenvalue weighted by Gasteiger charge is -2.13. The third kappa shape index (κ3) is 5.66. The topological polar surface area (TPSA) is 78.4 Å². The number of aromatic nitrogens is 2. The van der Waals surface area contributed by atoms with Crippen molar-refractivity contribution in [3.8, 4) is 5.69 Å². The van der Waals surface area contributed by atoms with Crippen molar-refractivity contribution < 1.29 is 4.79 Å². The molecule has 1 aromatic heterocycles. The molecule has 0 unspecified atom stereocenters. The maximum atomic E-state index is 13.9. The summed E-state index contributed by atoms with van der Waals surface area (Å²) in [6.07, 6.45) is 3.46. The Bertz CT molecular complexity index is 1750. The van der Waals surface area contributed by atoms with E-state index in [9.17, 15) is 9.59 Å². The Morgan fingerprint density at radius 2 is 1.36 bits per heavy atom. The summed E-state index contributed by atoms with van der Waals surface area (Å²) in [5, 5.41) is 9.07. The summed E-state index contributed by atoms with van der Waals surface area (Å²) in [6, 6.07) is 25.2. The maximum absolute atomic E-state index is 13.9. The predicted octanol–water partition coefficient (Wildman–Crippen LogP) is 5.13. The summed E-state index contributed by atoms with van der Waals surface area (Å²) in [4.78, 5) is 33.6. The monoisotopic (exact) mass is 579 g/mol. The minimum absolute atomic E-state index is 0.245. The van der Waals surface area contributed by atoms with E-state index < -0.39 is 0 Å². The van der Waals surface area contributed by atoms with Gasteiger partial charge in [0, 0.05) is 46.6 Å². The van der Waals surface area contributed by atoms with Crippen molar-refractivity contribution in [3.05, 3.63) is 111 Å². The summed E-state index contributed by atoms with van der Waals surface area (Å²) in [7, 11) is 9.72. The smallest absolute Gasteiger partial charge is 0.296 e. The number of amidine groups is 1. The van der Waals surface area contributed by atoms with Gasteiger partial charge in [-0.25, -0.2) is 9.58 Å². The number of amides is 1. The quantitative estimate of drug-likeness (QED) is 0.172. The van der Waals surface area contributed by atoms with Crippen molar-refractivity contribution in [2.24, 2.45) is 17.3 Å². The van der Waals surface area contributed by atoms with Crippen LogP contribution in [0.3, 0.4) is 0 Å². The first-order valence-corrected chi connectivity index (χ1v) is 14.2. The van der Waals surface area contributed by atoms with Crippen molar-refractivity contribution in [1.82, 2.24) is 9.36 Å². The molecule has 1 fully saturated rings. The molecule has 0 atom stereocenters. The van der Waals surface area contributed by atoms with Crippen LogP contribution in [0, 0.1) is 6.92 Å². The van der Waals surface area contributed by atoms with Gasteiger partial charge < -0.3 is 9.80 Å². The zero-order valence-electron chi connectivity index (χ0n) is 24.5. The van der Waals surface area contributed by atoms with E-state index in [-0.39, 0.29) is 17.2 Å². The fourth-order valence-corrected chi connectivity index (χ4v) is 5.50. The van der Waals surface area contributed by atoms with Crippen LogP contribution in [0.2, 0.25) is 0 Å². The highest BCUT2D eigenvalue weighted by molar-refractivity contribution is 8.19. The van der Waals surface area contributed by atoms with Gasteiger partial charge in [0.25, 0.3) is 11.5 Å². The molecule has 3 aromatic carbocycles. The molecule has 1 aliphatic heterocycles. The molecule has 10 heteroatoms.